The van der Waals surface area contributed by atoms with Crippen molar-refractivity contribution < 1.29 is 12.9 Å². The van der Waals surface area contributed by atoms with Crippen LogP contribution >= 0.6 is 11.6 Å². The molecule has 0 spiro atoms. The van der Waals surface area contributed by atoms with Crippen LogP contribution in [0.5, 0.6) is 0 Å². The van der Waals surface area contributed by atoms with Gasteiger partial charge in [0.15, 0.2) is 0 Å². The minimum Gasteiger partial charge on any atom is -0.449 e. The van der Waals surface area contributed by atoms with E-state index in [0.29, 0.717) is 10.7 Å². The van der Waals surface area contributed by atoms with Gasteiger partial charge in [-0.25, -0.2) is 0 Å². The summed E-state index contributed by atoms with van der Waals surface area (Å²) < 4.78 is 35.5. The number of rotatable bonds is 3. The summed E-state index contributed by atoms with van der Waals surface area (Å²) in [5.74, 6) is 0. The Hall–Kier alpha value is -0.705. The Labute approximate surface area is 79.0 Å². The van der Waals surface area contributed by atoms with Crippen LogP contribution in [0.1, 0.15) is 5.69 Å². The van der Waals surface area contributed by atoms with Gasteiger partial charge in [-0.2, -0.15) is 0 Å². The van der Waals surface area contributed by atoms with E-state index in [4.69, 9.17) is 11.6 Å². The lowest BCUT2D eigenvalue weighted by molar-refractivity contribution is 0.467. The van der Waals surface area contributed by atoms with Crippen molar-refractivity contribution in [1.82, 2.24) is 4.98 Å². The molecule has 0 aliphatic rings. The number of nitrogens with zero attached hydrogens (tertiary/aromatic N) is 1. The predicted molar refractivity (Wildman–Crippen MR) is 46.8 cm³/mol. The van der Waals surface area contributed by atoms with Gasteiger partial charge in [0.25, 0.3) is 0 Å². The molecule has 1 aromatic rings. The fourth-order valence-corrected chi connectivity index (χ4v) is 1.08. The topological polar surface area (TPSA) is 12.9 Å². The molecule has 0 bridgehead atoms. The number of pyridine rings is 1. The van der Waals surface area contributed by atoms with Crippen LogP contribution in [0.2, 0.25) is 11.3 Å². The second-order valence-electron chi connectivity index (χ2n) is 2.71. The van der Waals surface area contributed by atoms with Gasteiger partial charge in [-0.1, -0.05) is 17.9 Å². The quantitative estimate of drug-likeness (QED) is 0.696. The van der Waals surface area contributed by atoms with Crippen LogP contribution in [0.25, 0.3) is 0 Å². The van der Waals surface area contributed by atoms with E-state index in [1.807, 2.05) is 0 Å². The summed E-state index contributed by atoms with van der Waals surface area (Å²) >= 11 is 5.58. The van der Waals surface area contributed by atoms with Gasteiger partial charge in [-0.05, 0) is 18.6 Å². The molecule has 0 aliphatic carbocycles. The van der Waals surface area contributed by atoms with Crippen molar-refractivity contribution in [3.63, 3.8) is 0 Å². The second kappa shape index (κ2) is 4.00. The van der Waals surface area contributed by atoms with Crippen LogP contribution < -0.4 is 0 Å². The Morgan fingerprint density at radius 1 is 1.38 bits per heavy atom. The fourth-order valence-electron chi connectivity index (χ4n) is 0.897. The summed E-state index contributed by atoms with van der Waals surface area (Å²) in [5.41, 5.74) is 0.381. The maximum Gasteiger partial charge on any atom is 0.478 e. The molecule has 0 radical (unpaired) electrons. The first kappa shape index (κ1) is 10.4. The summed E-state index contributed by atoms with van der Waals surface area (Å²) in [7, 11) is 0. The SMILES string of the molecule is F[B-](F)(F)CCc1cc(Cl)ccn1. The summed E-state index contributed by atoms with van der Waals surface area (Å²) in [6.07, 6.45) is 0.512. The Balaban J connectivity index is 2.55. The molecule has 0 atom stereocenters. The van der Waals surface area contributed by atoms with Gasteiger partial charge in [0, 0.05) is 16.9 Å². The molecule has 1 heterocycles. The number of halogens is 4. The van der Waals surface area contributed by atoms with Crippen molar-refractivity contribution in [2.24, 2.45) is 0 Å². The zero-order chi connectivity index (χ0) is 9.90. The molecule has 0 aliphatic heterocycles. The molecule has 0 aromatic carbocycles. The third kappa shape index (κ3) is 4.17. The normalized spacial score (nSPS) is 11.7. The zero-order valence-electron chi connectivity index (χ0n) is 6.68. The molecule has 0 amide bonds. The zero-order valence-corrected chi connectivity index (χ0v) is 7.44. The van der Waals surface area contributed by atoms with Gasteiger partial charge in [-0.15, -0.1) is 0 Å². The Kier molecular flexibility index (Phi) is 3.19. The van der Waals surface area contributed by atoms with Crippen LogP contribution in [0.15, 0.2) is 18.3 Å². The highest BCUT2D eigenvalue weighted by Gasteiger charge is 2.22. The molecule has 1 nitrogen and oxygen atoms in total. The van der Waals surface area contributed by atoms with E-state index in [9.17, 15) is 12.9 Å². The standard InChI is InChI=1S/C7H7BClF3N/c9-6-2-4-13-7(5-6)1-3-8(10,11)12/h2,4-5H,1,3H2/q-1. The van der Waals surface area contributed by atoms with E-state index in [0.717, 1.165) is 0 Å². The Bertz CT molecular complexity index is 289. The maximum atomic E-state index is 11.8. The number of aromatic nitrogens is 1. The molecule has 0 N–H and O–H groups in total. The monoisotopic (exact) mass is 208 g/mol. The van der Waals surface area contributed by atoms with Crippen molar-refractivity contribution >= 4 is 18.6 Å². The third-order valence-electron chi connectivity index (χ3n) is 1.51. The first-order valence-electron chi connectivity index (χ1n) is 3.79. The summed E-state index contributed by atoms with van der Waals surface area (Å²) in [6, 6.07) is 2.98. The second-order valence-corrected chi connectivity index (χ2v) is 3.15. The molecule has 0 unspecified atom stereocenters. The number of aryl methyl sites for hydroxylation is 1. The molecular formula is C7H7BClF3N-. The number of hydrogen-bond acceptors (Lipinski definition) is 1. The average Bonchev–Trinajstić information content (AvgIpc) is 2.00. The molecule has 0 saturated carbocycles. The average molecular weight is 208 g/mol. The van der Waals surface area contributed by atoms with E-state index >= 15 is 0 Å². The summed E-state index contributed by atoms with van der Waals surface area (Å²) in [5, 5.41) is 0.416. The van der Waals surface area contributed by atoms with E-state index in [-0.39, 0.29) is 6.42 Å². The van der Waals surface area contributed by atoms with Gasteiger partial charge in [0.1, 0.15) is 0 Å². The van der Waals surface area contributed by atoms with Crippen molar-refractivity contribution in [2.45, 2.75) is 12.7 Å². The minimum absolute atomic E-state index is 0.0932. The largest absolute Gasteiger partial charge is 0.478 e. The smallest absolute Gasteiger partial charge is 0.449 e. The highest BCUT2D eigenvalue weighted by molar-refractivity contribution is 6.58. The molecule has 0 fully saturated rings. The fraction of sp³-hybridized carbons (Fsp3) is 0.286. The van der Waals surface area contributed by atoms with Gasteiger partial charge in [0.05, 0.1) is 0 Å². The molecule has 1 rings (SSSR count). The van der Waals surface area contributed by atoms with E-state index in [2.05, 4.69) is 4.98 Å². The lowest BCUT2D eigenvalue weighted by Gasteiger charge is -2.12. The van der Waals surface area contributed by atoms with Crippen molar-refractivity contribution in [1.29, 1.82) is 0 Å². The lowest BCUT2D eigenvalue weighted by atomic mass is 9.83. The van der Waals surface area contributed by atoms with E-state index in [1.165, 1.54) is 18.3 Å². The van der Waals surface area contributed by atoms with Gasteiger partial charge in [0.2, 0.25) is 0 Å². The molecular weight excluding hydrogens is 201 g/mol. The van der Waals surface area contributed by atoms with E-state index < -0.39 is 13.3 Å². The first-order chi connectivity index (χ1) is 5.97. The highest BCUT2D eigenvalue weighted by Crippen LogP contribution is 2.18. The van der Waals surface area contributed by atoms with Crippen LogP contribution in [-0.2, 0) is 6.42 Å². The summed E-state index contributed by atoms with van der Waals surface area (Å²) in [4.78, 5) is 3.77. The molecule has 1 aromatic heterocycles. The Morgan fingerprint density at radius 2 is 2.08 bits per heavy atom. The van der Waals surface area contributed by atoms with Crippen molar-refractivity contribution in [2.75, 3.05) is 0 Å². The first-order valence-corrected chi connectivity index (χ1v) is 4.16. The number of hydrogen-bond donors (Lipinski definition) is 0. The van der Waals surface area contributed by atoms with Crippen LogP contribution in [0, 0.1) is 0 Å². The van der Waals surface area contributed by atoms with Gasteiger partial charge < -0.3 is 12.9 Å². The van der Waals surface area contributed by atoms with E-state index in [1.54, 1.807) is 0 Å². The van der Waals surface area contributed by atoms with Crippen LogP contribution in [0.4, 0.5) is 12.9 Å². The minimum atomic E-state index is -4.72. The van der Waals surface area contributed by atoms with Crippen molar-refractivity contribution in [3.8, 4) is 0 Å². The Morgan fingerprint density at radius 3 is 2.62 bits per heavy atom. The lowest BCUT2D eigenvalue weighted by Crippen LogP contribution is -2.15. The summed E-state index contributed by atoms with van der Waals surface area (Å²) in [6.45, 7) is -4.72. The third-order valence-corrected chi connectivity index (χ3v) is 1.74. The van der Waals surface area contributed by atoms with Crippen molar-refractivity contribution in [3.05, 3.63) is 29.0 Å². The molecule has 0 saturated heterocycles. The van der Waals surface area contributed by atoms with Crippen LogP contribution in [-0.4, -0.2) is 12.0 Å². The van der Waals surface area contributed by atoms with Gasteiger partial charge >= 0.3 is 6.98 Å². The van der Waals surface area contributed by atoms with Crippen LogP contribution in [0.3, 0.4) is 0 Å². The highest BCUT2D eigenvalue weighted by atomic mass is 35.5. The molecule has 72 valence electrons. The maximum absolute atomic E-state index is 11.8. The van der Waals surface area contributed by atoms with Gasteiger partial charge in [-0.3, -0.25) is 4.98 Å². The molecule has 6 heteroatoms. The molecule has 13 heavy (non-hydrogen) atoms. The predicted octanol–water partition coefficient (Wildman–Crippen LogP) is 3.12.